The first-order chi connectivity index (χ1) is 14.7. The molecule has 0 amide bonds. The predicted molar refractivity (Wildman–Crippen MR) is 121 cm³/mol. The van der Waals surface area contributed by atoms with E-state index >= 15 is 0 Å². The number of pyridine rings is 1. The molecule has 0 aliphatic rings. The second-order valence-electron chi connectivity index (χ2n) is 7.04. The Morgan fingerprint density at radius 3 is 2.63 bits per heavy atom. The number of fused-ring (bicyclic) bond motifs is 1. The van der Waals surface area contributed by atoms with Crippen LogP contribution in [0.2, 0.25) is 0 Å². The number of nitrogens with zero attached hydrogens (tertiary/aromatic N) is 2. The average Bonchev–Trinajstić information content (AvgIpc) is 3.16. The van der Waals surface area contributed by atoms with Crippen molar-refractivity contribution in [2.24, 2.45) is 0 Å². The lowest BCUT2D eigenvalue weighted by Gasteiger charge is -2.05. The van der Waals surface area contributed by atoms with Gasteiger partial charge in [0.2, 0.25) is 0 Å². The summed E-state index contributed by atoms with van der Waals surface area (Å²) < 4.78 is 7.21. The Morgan fingerprint density at radius 1 is 1.03 bits per heavy atom. The quantitative estimate of drug-likeness (QED) is 0.311. The molecule has 0 N–H and O–H groups in total. The van der Waals surface area contributed by atoms with Crippen molar-refractivity contribution >= 4 is 22.9 Å². The number of aryl methyl sites for hydroxylation is 2. The number of aromatic nitrogens is 2. The third-order valence-corrected chi connectivity index (χ3v) is 5.02. The normalized spacial score (nSPS) is 11.2. The van der Waals surface area contributed by atoms with Crippen LogP contribution in [0.25, 0.3) is 22.7 Å². The number of para-hydroxylation sites is 1. The fourth-order valence-electron chi connectivity index (χ4n) is 3.58. The van der Waals surface area contributed by atoms with Gasteiger partial charge in [0.1, 0.15) is 0 Å². The zero-order valence-corrected chi connectivity index (χ0v) is 17.0. The molecule has 0 radical (unpaired) electrons. The van der Waals surface area contributed by atoms with Crippen LogP contribution in [-0.2, 0) is 22.4 Å². The average molecular weight is 396 g/mol. The zero-order chi connectivity index (χ0) is 20.8. The van der Waals surface area contributed by atoms with Crippen molar-refractivity contribution in [1.82, 2.24) is 9.55 Å². The molecule has 0 bridgehead atoms. The van der Waals surface area contributed by atoms with Gasteiger partial charge in [0, 0.05) is 35.2 Å². The van der Waals surface area contributed by atoms with Crippen molar-refractivity contribution in [3.05, 3.63) is 102 Å². The molecule has 0 atom stereocenters. The monoisotopic (exact) mass is 396 g/mol. The van der Waals surface area contributed by atoms with Crippen molar-refractivity contribution in [2.45, 2.75) is 19.8 Å². The first-order valence-corrected chi connectivity index (χ1v) is 10.2. The summed E-state index contributed by atoms with van der Waals surface area (Å²) in [6, 6.07) is 22.6. The van der Waals surface area contributed by atoms with E-state index < -0.39 is 0 Å². The van der Waals surface area contributed by atoms with Gasteiger partial charge in [-0.1, -0.05) is 30.3 Å². The Labute approximate surface area is 176 Å². The maximum atomic E-state index is 11.7. The van der Waals surface area contributed by atoms with Crippen molar-refractivity contribution in [3.63, 3.8) is 0 Å². The van der Waals surface area contributed by atoms with Crippen LogP contribution >= 0.6 is 0 Å². The second-order valence-corrected chi connectivity index (χ2v) is 7.04. The summed E-state index contributed by atoms with van der Waals surface area (Å²) in [6.45, 7) is 2.18. The minimum absolute atomic E-state index is 0.324. The van der Waals surface area contributed by atoms with Crippen molar-refractivity contribution < 1.29 is 9.53 Å². The predicted octanol–water partition coefficient (Wildman–Crippen LogP) is 5.39. The molecule has 4 aromatic rings. The van der Waals surface area contributed by atoms with E-state index in [-0.39, 0.29) is 5.97 Å². The van der Waals surface area contributed by atoms with Crippen LogP contribution in [0.3, 0.4) is 0 Å². The highest BCUT2D eigenvalue weighted by Crippen LogP contribution is 2.27. The third-order valence-electron chi connectivity index (χ3n) is 5.02. The molecule has 150 valence electrons. The maximum absolute atomic E-state index is 11.7. The van der Waals surface area contributed by atoms with Crippen LogP contribution in [0, 0.1) is 0 Å². The highest BCUT2D eigenvalue weighted by atomic mass is 16.5. The first kappa shape index (κ1) is 19.6. The van der Waals surface area contributed by atoms with E-state index in [1.165, 1.54) is 17.0 Å². The Morgan fingerprint density at radius 2 is 1.87 bits per heavy atom. The number of hydrogen-bond acceptors (Lipinski definition) is 3. The summed E-state index contributed by atoms with van der Waals surface area (Å²) in [6.07, 6.45) is 9.09. The van der Waals surface area contributed by atoms with E-state index in [0.717, 1.165) is 35.3 Å². The molecule has 2 heterocycles. The topological polar surface area (TPSA) is 44.1 Å². The lowest BCUT2D eigenvalue weighted by molar-refractivity contribution is -0.137. The van der Waals surface area contributed by atoms with Crippen molar-refractivity contribution in [1.29, 1.82) is 0 Å². The summed E-state index contributed by atoms with van der Waals surface area (Å²) in [4.78, 5) is 16.1. The van der Waals surface area contributed by atoms with Gasteiger partial charge in [-0.25, -0.2) is 4.79 Å². The number of ether oxygens (including phenoxy) is 1. The van der Waals surface area contributed by atoms with Gasteiger partial charge in [0.15, 0.2) is 0 Å². The van der Waals surface area contributed by atoms with E-state index in [9.17, 15) is 4.79 Å². The zero-order valence-electron chi connectivity index (χ0n) is 17.0. The van der Waals surface area contributed by atoms with Gasteiger partial charge in [-0.05, 0) is 73.4 Å². The second kappa shape index (κ2) is 9.23. The lowest BCUT2D eigenvalue weighted by Crippen LogP contribution is -1.98. The van der Waals surface area contributed by atoms with Gasteiger partial charge in [-0.2, -0.15) is 0 Å². The molecule has 0 aliphatic heterocycles. The van der Waals surface area contributed by atoms with Crippen LogP contribution in [0.1, 0.15) is 23.7 Å². The number of carbonyl (C=O) groups excluding carboxylic acids is 1. The molecule has 0 unspecified atom stereocenters. The summed E-state index contributed by atoms with van der Waals surface area (Å²) >= 11 is 0. The Kier molecular flexibility index (Phi) is 6.04. The van der Waals surface area contributed by atoms with Crippen LogP contribution in [-0.4, -0.2) is 22.1 Å². The molecule has 2 aromatic heterocycles. The van der Waals surface area contributed by atoms with Crippen LogP contribution in [0.15, 0.2) is 85.2 Å². The Bertz CT molecular complexity index is 1160. The highest BCUT2D eigenvalue weighted by Gasteiger charge is 2.11. The molecule has 0 aliphatic carbocycles. The first-order valence-electron chi connectivity index (χ1n) is 10.2. The van der Waals surface area contributed by atoms with Gasteiger partial charge in [0.25, 0.3) is 0 Å². The van der Waals surface area contributed by atoms with E-state index in [2.05, 4.69) is 46.1 Å². The number of rotatable bonds is 7. The minimum Gasteiger partial charge on any atom is -0.463 e. The van der Waals surface area contributed by atoms with Gasteiger partial charge in [0.05, 0.1) is 12.1 Å². The molecule has 4 heteroatoms. The van der Waals surface area contributed by atoms with Gasteiger partial charge < -0.3 is 9.30 Å². The van der Waals surface area contributed by atoms with Crippen LogP contribution in [0.5, 0.6) is 0 Å². The van der Waals surface area contributed by atoms with E-state index in [0.29, 0.717) is 6.61 Å². The number of hydrogen-bond donors (Lipinski definition) is 0. The number of esters is 1. The third kappa shape index (κ3) is 4.49. The number of benzene rings is 2. The van der Waals surface area contributed by atoms with Crippen molar-refractivity contribution in [3.8, 4) is 5.69 Å². The lowest BCUT2D eigenvalue weighted by atomic mass is 10.0. The highest BCUT2D eigenvalue weighted by molar-refractivity contribution is 5.91. The Balaban J connectivity index is 1.71. The van der Waals surface area contributed by atoms with Gasteiger partial charge >= 0.3 is 5.97 Å². The summed E-state index contributed by atoms with van der Waals surface area (Å²) in [5.41, 5.74) is 5.58. The SMILES string of the molecule is CCOC(=O)C=Cc1ccc2c(c1)c(CCc1ccccn1)cn2-c1ccccc1. The van der Waals surface area contributed by atoms with Crippen LogP contribution < -0.4 is 0 Å². The standard InChI is InChI=1S/C26H24N2O2/c1-2-30-26(29)16-12-20-11-15-25-24(18-20)21(13-14-22-8-6-7-17-27-22)19-28(25)23-9-4-3-5-10-23/h3-12,15-19H,2,13-14H2,1H3. The van der Waals surface area contributed by atoms with Crippen molar-refractivity contribution in [2.75, 3.05) is 6.61 Å². The summed E-state index contributed by atoms with van der Waals surface area (Å²) in [5, 5.41) is 1.18. The smallest absolute Gasteiger partial charge is 0.330 e. The van der Waals surface area contributed by atoms with E-state index in [4.69, 9.17) is 4.74 Å². The molecular formula is C26H24N2O2. The fourth-order valence-corrected chi connectivity index (χ4v) is 3.58. The van der Waals surface area contributed by atoms with Gasteiger partial charge in [-0.15, -0.1) is 0 Å². The largest absolute Gasteiger partial charge is 0.463 e. The molecular weight excluding hydrogens is 372 g/mol. The summed E-state index contributed by atoms with van der Waals surface area (Å²) in [5.74, 6) is -0.324. The molecule has 0 saturated carbocycles. The van der Waals surface area contributed by atoms with Gasteiger partial charge in [-0.3, -0.25) is 4.98 Å². The summed E-state index contributed by atoms with van der Waals surface area (Å²) in [7, 11) is 0. The molecule has 2 aromatic carbocycles. The fraction of sp³-hybridized carbons (Fsp3) is 0.154. The minimum atomic E-state index is -0.324. The maximum Gasteiger partial charge on any atom is 0.330 e. The molecule has 0 spiro atoms. The molecule has 4 rings (SSSR count). The van der Waals surface area contributed by atoms with E-state index in [1.807, 2.05) is 42.6 Å². The van der Waals surface area contributed by atoms with E-state index in [1.54, 1.807) is 13.0 Å². The molecule has 0 fully saturated rings. The van der Waals surface area contributed by atoms with Crippen LogP contribution in [0.4, 0.5) is 0 Å². The number of carbonyl (C=O) groups is 1. The molecule has 0 saturated heterocycles. The molecule has 30 heavy (non-hydrogen) atoms. The molecule has 4 nitrogen and oxygen atoms in total. The Hall–Kier alpha value is -3.66.